The Morgan fingerprint density at radius 1 is 0.492 bits per heavy atom. The maximum absolute atomic E-state index is 7.85. The summed E-state index contributed by atoms with van der Waals surface area (Å²) in [7, 11) is 0. The zero-order valence-corrected chi connectivity index (χ0v) is 36.6. The summed E-state index contributed by atoms with van der Waals surface area (Å²) in [6.45, 7) is 0. The smallest absolute Gasteiger partial charge is 0.0745 e. The topological polar surface area (TPSA) is 29.3 Å². The molecule has 0 bridgehead atoms. The van der Waals surface area contributed by atoms with E-state index in [4.69, 9.17) is 5.73 Å². The van der Waals surface area contributed by atoms with Crippen LogP contribution in [0.4, 0.5) is 22.7 Å². The van der Waals surface area contributed by atoms with Gasteiger partial charge in [0.05, 0.1) is 16.8 Å². The van der Waals surface area contributed by atoms with E-state index < -0.39 is 5.41 Å². The van der Waals surface area contributed by atoms with Crippen LogP contribution in [0.5, 0.6) is 0 Å². The molecule has 0 saturated carbocycles. The molecule has 0 aromatic heterocycles. The fraction of sp³-hybridized carbons (Fsp3) is 0.0645. The van der Waals surface area contributed by atoms with E-state index in [1.165, 1.54) is 99.1 Å². The molecule has 4 aliphatic rings. The molecule has 1 atom stereocenters. The van der Waals surface area contributed by atoms with Gasteiger partial charge in [-0.15, -0.1) is 0 Å². The van der Waals surface area contributed by atoms with Crippen LogP contribution in [0, 0.1) is 5.92 Å². The average molecular weight is 849 g/mol. The Hall–Kier alpha value is -7.59. The molecule has 0 saturated heterocycles. The third-order valence-electron chi connectivity index (χ3n) is 14.2. The molecule has 2 N–H and O–H groups in total. The zero-order valence-electron chi connectivity index (χ0n) is 35.8. The van der Waals surface area contributed by atoms with Crippen molar-refractivity contribution in [3.05, 3.63) is 258 Å². The standard InChI is InChI=1S/C62H44N2S/c63-61-51(36-35-50-49-21-6-9-24-55(49)62(60(50)61)53-22-7-4-19-47(53)48-20-5-8-23-54(48)62)52-39-44(29-30-45(52)38-40-15-14-18-43(37-40)41-16-2-1-3-17-41)42-31-33-46(34-32-42)64-56-25-10-12-27-58(56)65-59-28-13-11-26-57(59)64/h1-14,16-37,39-40H,15,38,63H2. The van der Waals surface area contributed by atoms with Crippen molar-refractivity contribution < 1.29 is 0 Å². The summed E-state index contributed by atoms with van der Waals surface area (Å²) < 4.78 is 0. The minimum Gasteiger partial charge on any atom is -0.398 e. The summed E-state index contributed by atoms with van der Waals surface area (Å²) in [5.41, 5.74) is 30.3. The summed E-state index contributed by atoms with van der Waals surface area (Å²) in [5.74, 6) is 0.340. The minimum atomic E-state index is -0.529. The second-order valence-corrected chi connectivity index (χ2v) is 18.8. The Bertz CT molecular complexity index is 3320. The normalized spacial score (nSPS) is 15.7. The number of hydrogen-bond acceptors (Lipinski definition) is 3. The molecule has 9 aromatic rings. The molecule has 1 aliphatic heterocycles. The van der Waals surface area contributed by atoms with Gasteiger partial charge in [0.25, 0.3) is 0 Å². The molecular weight excluding hydrogens is 805 g/mol. The Morgan fingerprint density at radius 2 is 1.05 bits per heavy atom. The second-order valence-electron chi connectivity index (χ2n) is 17.7. The van der Waals surface area contributed by atoms with E-state index >= 15 is 0 Å². The molecule has 2 nitrogen and oxygen atoms in total. The fourth-order valence-corrected chi connectivity index (χ4v) is 12.5. The van der Waals surface area contributed by atoms with Gasteiger partial charge in [-0.2, -0.15) is 0 Å². The first-order valence-electron chi connectivity index (χ1n) is 22.7. The van der Waals surface area contributed by atoms with Crippen molar-refractivity contribution in [2.75, 3.05) is 10.6 Å². The second kappa shape index (κ2) is 15.0. The summed E-state index contributed by atoms with van der Waals surface area (Å²) in [6, 6.07) is 76.0. The first-order chi connectivity index (χ1) is 32.1. The number of hydrogen-bond donors (Lipinski definition) is 1. The van der Waals surface area contributed by atoms with Gasteiger partial charge in [-0.05, 0) is 134 Å². The van der Waals surface area contributed by atoms with Gasteiger partial charge < -0.3 is 10.6 Å². The number of nitrogen functional groups attached to an aromatic ring is 1. The lowest BCUT2D eigenvalue weighted by molar-refractivity contribution is 0.656. The molecule has 308 valence electrons. The van der Waals surface area contributed by atoms with Crippen molar-refractivity contribution in [2.45, 2.75) is 28.0 Å². The van der Waals surface area contributed by atoms with Crippen LogP contribution in [0.15, 0.2) is 234 Å². The van der Waals surface area contributed by atoms with E-state index in [-0.39, 0.29) is 0 Å². The van der Waals surface area contributed by atoms with Crippen LogP contribution in [-0.2, 0) is 11.8 Å². The first kappa shape index (κ1) is 37.9. The monoisotopic (exact) mass is 848 g/mol. The lowest BCUT2D eigenvalue weighted by Crippen LogP contribution is -2.27. The van der Waals surface area contributed by atoms with Gasteiger partial charge in [0.2, 0.25) is 0 Å². The summed E-state index contributed by atoms with van der Waals surface area (Å²) in [6.07, 6.45) is 9.00. The van der Waals surface area contributed by atoms with Crippen LogP contribution in [0.2, 0.25) is 0 Å². The number of para-hydroxylation sites is 2. The molecule has 13 rings (SSSR count). The van der Waals surface area contributed by atoms with Crippen molar-refractivity contribution in [1.82, 2.24) is 0 Å². The summed E-state index contributed by atoms with van der Waals surface area (Å²) in [4.78, 5) is 4.92. The van der Waals surface area contributed by atoms with Crippen LogP contribution < -0.4 is 10.6 Å². The Labute approximate surface area is 385 Å². The van der Waals surface area contributed by atoms with Crippen LogP contribution >= 0.6 is 11.8 Å². The Balaban J connectivity index is 0.973. The van der Waals surface area contributed by atoms with Gasteiger partial charge in [-0.3, -0.25) is 0 Å². The zero-order chi connectivity index (χ0) is 43.1. The van der Waals surface area contributed by atoms with E-state index in [1.54, 1.807) is 0 Å². The number of nitrogens with zero attached hydrogens (tertiary/aromatic N) is 1. The molecule has 1 heterocycles. The summed E-state index contributed by atoms with van der Waals surface area (Å²) >= 11 is 1.84. The van der Waals surface area contributed by atoms with E-state index in [0.717, 1.165) is 29.8 Å². The van der Waals surface area contributed by atoms with E-state index in [9.17, 15) is 0 Å². The highest BCUT2D eigenvalue weighted by atomic mass is 32.2. The molecule has 1 unspecified atom stereocenters. The fourth-order valence-electron chi connectivity index (χ4n) is 11.4. The van der Waals surface area contributed by atoms with Crippen molar-refractivity contribution in [1.29, 1.82) is 0 Å². The largest absolute Gasteiger partial charge is 0.398 e. The lowest BCUT2D eigenvalue weighted by Gasteiger charge is -2.33. The van der Waals surface area contributed by atoms with Crippen molar-refractivity contribution in [3.63, 3.8) is 0 Å². The van der Waals surface area contributed by atoms with Crippen LogP contribution in [0.3, 0.4) is 0 Å². The number of benzene rings is 9. The van der Waals surface area contributed by atoms with Crippen LogP contribution in [-0.4, -0.2) is 0 Å². The van der Waals surface area contributed by atoms with Crippen molar-refractivity contribution in [2.24, 2.45) is 5.92 Å². The Morgan fingerprint density at radius 3 is 1.71 bits per heavy atom. The molecule has 9 aromatic carbocycles. The predicted octanol–water partition coefficient (Wildman–Crippen LogP) is 16.1. The lowest BCUT2D eigenvalue weighted by atomic mass is 9.69. The number of anilines is 4. The molecule has 0 fully saturated rings. The highest BCUT2D eigenvalue weighted by Gasteiger charge is 2.52. The van der Waals surface area contributed by atoms with Crippen LogP contribution in [0.25, 0.3) is 50.1 Å². The third-order valence-corrected chi connectivity index (χ3v) is 15.4. The van der Waals surface area contributed by atoms with Crippen molar-refractivity contribution in [3.8, 4) is 44.5 Å². The molecule has 3 heteroatoms. The van der Waals surface area contributed by atoms with E-state index in [0.29, 0.717) is 5.92 Å². The van der Waals surface area contributed by atoms with Crippen molar-refractivity contribution >= 4 is 40.1 Å². The van der Waals surface area contributed by atoms with Gasteiger partial charge in [0.15, 0.2) is 0 Å². The van der Waals surface area contributed by atoms with E-state index in [1.807, 2.05) is 11.8 Å². The first-order valence-corrected chi connectivity index (χ1v) is 23.5. The van der Waals surface area contributed by atoms with Gasteiger partial charge in [0, 0.05) is 32.3 Å². The van der Waals surface area contributed by atoms with Gasteiger partial charge in [-0.1, -0.05) is 194 Å². The molecule has 3 aliphatic carbocycles. The predicted molar refractivity (Wildman–Crippen MR) is 272 cm³/mol. The number of fused-ring (bicyclic) bond motifs is 12. The number of nitrogens with two attached hydrogens (primary N) is 1. The Kier molecular flexibility index (Phi) is 8.76. The quantitative estimate of drug-likeness (QED) is 0.169. The third kappa shape index (κ3) is 5.82. The molecule has 0 radical (unpaired) electrons. The van der Waals surface area contributed by atoms with Gasteiger partial charge in [-0.25, -0.2) is 0 Å². The maximum atomic E-state index is 7.85. The maximum Gasteiger partial charge on any atom is 0.0745 e. The molecule has 1 spiro atoms. The SMILES string of the molecule is Nc1c(-c2cc(-c3ccc(N4c5ccccc5Sc5ccccc54)cc3)ccc2CC2C=C(c3ccccc3)C=CC2)ccc2c1C1(c3ccccc3-c3ccccc31)c1ccccc1-2. The minimum absolute atomic E-state index is 0.340. The van der Waals surface area contributed by atoms with Gasteiger partial charge in [0.1, 0.15) is 0 Å². The summed E-state index contributed by atoms with van der Waals surface area (Å²) in [5, 5.41) is 0. The highest BCUT2D eigenvalue weighted by molar-refractivity contribution is 7.99. The highest BCUT2D eigenvalue weighted by Crippen LogP contribution is 2.65. The van der Waals surface area contributed by atoms with Crippen LogP contribution in [0.1, 0.15) is 39.8 Å². The van der Waals surface area contributed by atoms with Gasteiger partial charge >= 0.3 is 0 Å². The average Bonchev–Trinajstić information content (AvgIpc) is 3.84. The van der Waals surface area contributed by atoms with E-state index in [2.05, 4.69) is 229 Å². The molecule has 0 amide bonds. The molecular formula is C62H44N2S. The molecule has 65 heavy (non-hydrogen) atoms. The number of allylic oxidation sites excluding steroid dienone is 4. The number of rotatable bonds is 6.